The fraction of sp³-hybridized carbons (Fsp3) is 0.833. The van der Waals surface area contributed by atoms with E-state index in [2.05, 4.69) is 0 Å². The number of amides is 1. The summed E-state index contributed by atoms with van der Waals surface area (Å²) < 4.78 is 0. The van der Waals surface area contributed by atoms with Crippen LogP contribution < -0.4 is 0 Å². The van der Waals surface area contributed by atoms with Crippen molar-refractivity contribution in [1.82, 2.24) is 4.90 Å². The van der Waals surface area contributed by atoms with Crippen LogP contribution in [0.4, 0.5) is 0 Å². The minimum absolute atomic E-state index is 0.0598. The zero-order chi connectivity index (χ0) is 12.2. The lowest BCUT2D eigenvalue weighted by Gasteiger charge is -2.33. The molecular formula is C12H23NO2. The van der Waals surface area contributed by atoms with E-state index in [1.165, 1.54) is 0 Å². The number of hydrogen-bond acceptors (Lipinski definition) is 2. The van der Waals surface area contributed by atoms with Crippen molar-refractivity contribution in [3.8, 4) is 0 Å². The molecule has 3 nitrogen and oxygen atoms in total. The topological polar surface area (TPSA) is 37.4 Å². The Morgan fingerprint density at radius 3 is 2.07 bits per heavy atom. The van der Waals surface area contributed by atoms with Gasteiger partial charge < -0.3 is 9.69 Å². The normalized spacial score (nSPS) is 13.8. The highest BCUT2D eigenvalue weighted by Gasteiger charge is 2.33. The molecule has 0 saturated carbocycles. The molecule has 0 saturated heterocycles. The maximum absolute atomic E-state index is 12.1. The molecule has 0 heterocycles. The number of aldehydes is 1. The monoisotopic (exact) mass is 213 g/mol. The van der Waals surface area contributed by atoms with Crippen molar-refractivity contribution in [3.63, 3.8) is 0 Å². The lowest BCUT2D eigenvalue weighted by atomic mass is 9.78. The van der Waals surface area contributed by atoms with Crippen LogP contribution in [0.25, 0.3) is 0 Å². The molecule has 15 heavy (non-hydrogen) atoms. The van der Waals surface area contributed by atoms with Crippen LogP contribution in [0.5, 0.6) is 0 Å². The van der Waals surface area contributed by atoms with E-state index < -0.39 is 0 Å². The van der Waals surface area contributed by atoms with Gasteiger partial charge >= 0.3 is 0 Å². The smallest absolute Gasteiger partial charge is 0.226 e. The Hall–Kier alpha value is -0.860. The van der Waals surface area contributed by atoms with Gasteiger partial charge in [0.15, 0.2) is 0 Å². The molecule has 0 aliphatic carbocycles. The fourth-order valence-corrected chi connectivity index (χ4v) is 1.42. The maximum atomic E-state index is 12.1. The standard InChI is InChI=1S/C12H23NO2/c1-9(2)13(6)11(15)10(7-8-14)12(3,4)5/h8-10H,7H2,1-6H3. The molecule has 1 unspecified atom stereocenters. The van der Waals surface area contributed by atoms with Gasteiger partial charge in [0.25, 0.3) is 0 Å². The Balaban J connectivity index is 4.78. The van der Waals surface area contributed by atoms with E-state index in [0.717, 1.165) is 6.29 Å². The van der Waals surface area contributed by atoms with Crippen LogP contribution in [0.2, 0.25) is 0 Å². The minimum atomic E-state index is -0.220. The number of carbonyl (C=O) groups excluding carboxylic acids is 2. The molecule has 0 bridgehead atoms. The third kappa shape index (κ3) is 4.02. The van der Waals surface area contributed by atoms with E-state index in [1.807, 2.05) is 34.6 Å². The molecule has 0 spiro atoms. The Bertz CT molecular complexity index is 228. The van der Waals surface area contributed by atoms with E-state index in [9.17, 15) is 9.59 Å². The van der Waals surface area contributed by atoms with Crippen LogP contribution in [0, 0.1) is 11.3 Å². The zero-order valence-electron chi connectivity index (χ0n) is 10.7. The SMILES string of the molecule is CC(C)N(C)C(=O)C(CC=O)C(C)(C)C. The van der Waals surface area contributed by atoms with Crippen LogP contribution in [-0.4, -0.2) is 30.2 Å². The van der Waals surface area contributed by atoms with Gasteiger partial charge in [0.05, 0.1) is 0 Å². The summed E-state index contributed by atoms with van der Waals surface area (Å²) in [6, 6.07) is 0.175. The molecule has 0 fully saturated rings. The summed E-state index contributed by atoms with van der Waals surface area (Å²) >= 11 is 0. The largest absolute Gasteiger partial charge is 0.343 e. The average Bonchev–Trinajstić information content (AvgIpc) is 2.09. The summed E-state index contributed by atoms with van der Waals surface area (Å²) in [5.74, 6) is -0.160. The third-order valence-corrected chi connectivity index (χ3v) is 2.80. The molecular weight excluding hydrogens is 190 g/mol. The van der Waals surface area contributed by atoms with Crippen molar-refractivity contribution in [1.29, 1.82) is 0 Å². The molecule has 0 aliphatic rings. The molecule has 1 atom stereocenters. The Kier molecular flexibility index (Phi) is 4.98. The second-order valence-electron chi connectivity index (χ2n) is 5.36. The van der Waals surface area contributed by atoms with Gasteiger partial charge in [0, 0.05) is 25.4 Å². The van der Waals surface area contributed by atoms with Crippen LogP contribution in [0.1, 0.15) is 41.0 Å². The van der Waals surface area contributed by atoms with E-state index in [-0.39, 0.29) is 23.3 Å². The van der Waals surface area contributed by atoms with Gasteiger partial charge in [-0.25, -0.2) is 0 Å². The quantitative estimate of drug-likeness (QED) is 0.671. The summed E-state index contributed by atoms with van der Waals surface area (Å²) in [5.41, 5.74) is -0.166. The van der Waals surface area contributed by atoms with Crippen molar-refractivity contribution in [2.45, 2.75) is 47.1 Å². The van der Waals surface area contributed by atoms with Crippen molar-refractivity contribution < 1.29 is 9.59 Å². The van der Waals surface area contributed by atoms with Crippen LogP contribution in [0.3, 0.4) is 0 Å². The highest BCUT2D eigenvalue weighted by atomic mass is 16.2. The van der Waals surface area contributed by atoms with Gasteiger partial charge in [-0.05, 0) is 19.3 Å². The molecule has 1 amide bonds. The van der Waals surface area contributed by atoms with Gasteiger partial charge in [0.1, 0.15) is 6.29 Å². The van der Waals surface area contributed by atoms with Gasteiger partial charge in [0.2, 0.25) is 5.91 Å². The number of rotatable bonds is 4. The van der Waals surface area contributed by atoms with Gasteiger partial charge in [-0.15, -0.1) is 0 Å². The first-order chi connectivity index (χ1) is 6.71. The summed E-state index contributed by atoms with van der Waals surface area (Å²) in [4.78, 5) is 24.4. The summed E-state index contributed by atoms with van der Waals surface area (Å²) in [7, 11) is 1.79. The number of nitrogens with zero attached hydrogens (tertiary/aromatic N) is 1. The highest BCUT2D eigenvalue weighted by Crippen LogP contribution is 2.29. The van der Waals surface area contributed by atoms with E-state index in [1.54, 1.807) is 11.9 Å². The second kappa shape index (κ2) is 5.29. The predicted octanol–water partition coefficient (Wildman–Crippen LogP) is 2.10. The Morgan fingerprint density at radius 1 is 1.33 bits per heavy atom. The fourth-order valence-electron chi connectivity index (χ4n) is 1.42. The molecule has 3 heteroatoms. The maximum Gasteiger partial charge on any atom is 0.226 e. The molecule has 88 valence electrons. The molecule has 0 rings (SSSR count). The first kappa shape index (κ1) is 14.1. The van der Waals surface area contributed by atoms with Crippen LogP contribution in [0.15, 0.2) is 0 Å². The van der Waals surface area contributed by atoms with Gasteiger partial charge in [-0.1, -0.05) is 20.8 Å². The highest BCUT2D eigenvalue weighted by molar-refractivity contribution is 5.81. The summed E-state index contributed by atoms with van der Waals surface area (Å²) in [6.07, 6.45) is 1.14. The number of carbonyl (C=O) groups is 2. The Labute approximate surface area is 92.8 Å². The first-order valence-electron chi connectivity index (χ1n) is 5.42. The molecule has 0 aromatic heterocycles. The summed E-state index contributed by atoms with van der Waals surface area (Å²) in [5, 5.41) is 0. The molecule has 0 aromatic carbocycles. The minimum Gasteiger partial charge on any atom is -0.343 e. The third-order valence-electron chi connectivity index (χ3n) is 2.80. The Morgan fingerprint density at radius 2 is 1.80 bits per heavy atom. The van der Waals surface area contributed by atoms with E-state index >= 15 is 0 Å². The molecule has 0 N–H and O–H groups in total. The van der Waals surface area contributed by atoms with Crippen molar-refractivity contribution >= 4 is 12.2 Å². The second-order valence-corrected chi connectivity index (χ2v) is 5.36. The van der Waals surface area contributed by atoms with Crippen LogP contribution >= 0.6 is 0 Å². The first-order valence-corrected chi connectivity index (χ1v) is 5.42. The lowest BCUT2D eigenvalue weighted by Crippen LogP contribution is -2.42. The van der Waals surface area contributed by atoms with E-state index in [4.69, 9.17) is 0 Å². The molecule has 0 aromatic rings. The zero-order valence-corrected chi connectivity index (χ0v) is 10.7. The molecule has 0 radical (unpaired) electrons. The van der Waals surface area contributed by atoms with Gasteiger partial charge in [-0.2, -0.15) is 0 Å². The molecule has 0 aliphatic heterocycles. The van der Waals surface area contributed by atoms with Crippen molar-refractivity contribution in [2.24, 2.45) is 11.3 Å². The van der Waals surface area contributed by atoms with Gasteiger partial charge in [-0.3, -0.25) is 4.79 Å². The summed E-state index contributed by atoms with van der Waals surface area (Å²) in [6.45, 7) is 9.92. The predicted molar refractivity (Wildman–Crippen MR) is 61.5 cm³/mol. The van der Waals surface area contributed by atoms with Crippen LogP contribution in [-0.2, 0) is 9.59 Å². The van der Waals surface area contributed by atoms with E-state index in [0.29, 0.717) is 6.42 Å². The lowest BCUT2D eigenvalue weighted by molar-refractivity contribution is -0.140. The van der Waals surface area contributed by atoms with Crippen molar-refractivity contribution in [2.75, 3.05) is 7.05 Å². The van der Waals surface area contributed by atoms with Crippen molar-refractivity contribution in [3.05, 3.63) is 0 Å². The average molecular weight is 213 g/mol. The number of hydrogen-bond donors (Lipinski definition) is 0.